The molecule has 166 valence electrons. The highest BCUT2D eigenvalue weighted by Crippen LogP contribution is 2.47. The van der Waals surface area contributed by atoms with E-state index in [9.17, 15) is 4.79 Å². The van der Waals surface area contributed by atoms with Crippen LogP contribution < -0.4 is 10.2 Å². The van der Waals surface area contributed by atoms with Gasteiger partial charge in [0, 0.05) is 55.6 Å². The number of nitrogens with zero attached hydrogens (tertiary/aromatic N) is 3. The van der Waals surface area contributed by atoms with Crippen LogP contribution in [0.5, 0.6) is 0 Å². The lowest BCUT2D eigenvalue weighted by atomic mass is 9.99. The van der Waals surface area contributed by atoms with Crippen molar-refractivity contribution in [1.29, 1.82) is 0 Å². The van der Waals surface area contributed by atoms with Crippen LogP contribution in [0.15, 0.2) is 54.7 Å². The minimum atomic E-state index is -0.308. The molecular weight excluding hydrogens is 400 g/mol. The predicted molar refractivity (Wildman–Crippen MR) is 127 cm³/mol. The topological polar surface area (TPSA) is 68.7 Å². The van der Waals surface area contributed by atoms with Crippen LogP contribution in [0.25, 0.3) is 10.9 Å². The van der Waals surface area contributed by atoms with Crippen LogP contribution in [0.1, 0.15) is 34.3 Å². The van der Waals surface area contributed by atoms with Crippen LogP contribution in [-0.4, -0.2) is 60.2 Å². The largest absolute Gasteiger partial charge is 0.395 e. The molecule has 2 heterocycles. The van der Waals surface area contributed by atoms with Gasteiger partial charge in [-0.25, -0.2) is 0 Å². The van der Waals surface area contributed by atoms with Gasteiger partial charge in [-0.15, -0.1) is 0 Å². The monoisotopic (exact) mass is 430 g/mol. The number of aromatic nitrogens is 1. The summed E-state index contributed by atoms with van der Waals surface area (Å²) in [5.41, 5.74) is 4.63. The zero-order valence-corrected chi connectivity index (χ0v) is 18.6. The van der Waals surface area contributed by atoms with Crippen molar-refractivity contribution in [1.82, 2.24) is 15.2 Å². The first kappa shape index (κ1) is 20.9. The van der Waals surface area contributed by atoms with E-state index in [0.29, 0.717) is 0 Å². The van der Waals surface area contributed by atoms with Crippen LogP contribution in [0.2, 0.25) is 0 Å². The van der Waals surface area contributed by atoms with E-state index >= 15 is 0 Å². The van der Waals surface area contributed by atoms with Crippen LogP contribution in [0.3, 0.4) is 0 Å². The number of carbonyl (C=O) groups is 1. The van der Waals surface area contributed by atoms with E-state index in [0.717, 1.165) is 78.8 Å². The van der Waals surface area contributed by atoms with Gasteiger partial charge in [-0.05, 0) is 55.2 Å². The summed E-state index contributed by atoms with van der Waals surface area (Å²) in [7, 11) is 0. The Labute approximate surface area is 188 Å². The van der Waals surface area contributed by atoms with E-state index in [1.165, 1.54) is 0 Å². The zero-order chi connectivity index (χ0) is 22.1. The van der Waals surface area contributed by atoms with Crippen molar-refractivity contribution in [2.24, 2.45) is 0 Å². The average Bonchev–Trinajstić information content (AvgIpc) is 3.60. The Hall–Kier alpha value is -2.96. The number of piperazine rings is 1. The number of nitrogens with one attached hydrogen (secondary N) is 1. The molecule has 1 saturated heterocycles. The first-order valence-corrected chi connectivity index (χ1v) is 11.5. The van der Waals surface area contributed by atoms with E-state index in [1.807, 2.05) is 49.5 Å². The van der Waals surface area contributed by atoms with Crippen molar-refractivity contribution in [2.75, 3.05) is 44.2 Å². The van der Waals surface area contributed by atoms with Gasteiger partial charge >= 0.3 is 0 Å². The van der Waals surface area contributed by atoms with Crippen LogP contribution in [-0.2, 0) is 5.54 Å². The molecule has 5 rings (SSSR count). The molecule has 1 saturated carbocycles. The number of carbonyl (C=O) groups excluding carboxylic acids is 1. The molecule has 3 aromatic rings. The fraction of sp³-hybridized carbons (Fsp3) is 0.385. The number of amides is 1. The number of aliphatic hydroxyl groups is 1. The lowest BCUT2D eigenvalue weighted by Gasteiger charge is -2.36. The predicted octanol–water partition coefficient (Wildman–Crippen LogP) is 3.08. The van der Waals surface area contributed by atoms with Gasteiger partial charge in [0.1, 0.15) is 0 Å². The molecule has 32 heavy (non-hydrogen) atoms. The molecule has 0 atom stereocenters. The lowest BCUT2D eigenvalue weighted by molar-refractivity contribution is 0.0930. The average molecular weight is 431 g/mol. The van der Waals surface area contributed by atoms with Crippen molar-refractivity contribution in [3.05, 3.63) is 71.4 Å². The van der Waals surface area contributed by atoms with Crippen molar-refractivity contribution in [3.63, 3.8) is 0 Å². The standard InChI is InChI=1S/C26H30N4O2/c1-19-6-7-20(30-14-12-29(13-15-30)16-17-31)18-22(19)25(32)28-26(9-10-26)23-8-11-27-24-5-3-2-4-21(23)24/h2-8,11,18,31H,9-10,12-17H2,1H3,(H,28,32). The number of pyridine rings is 1. The molecule has 0 bridgehead atoms. The highest BCUT2D eigenvalue weighted by molar-refractivity contribution is 5.98. The minimum Gasteiger partial charge on any atom is -0.395 e. The Kier molecular flexibility index (Phi) is 5.57. The molecule has 2 fully saturated rings. The zero-order valence-electron chi connectivity index (χ0n) is 18.6. The normalized spacial score (nSPS) is 18.0. The smallest absolute Gasteiger partial charge is 0.252 e. The van der Waals surface area contributed by atoms with Gasteiger partial charge in [0.2, 0.25) is 0 Å². The lowest BCUT2D eigenvalue weighted by Crippen LogP contribution is -2.47. The molecule has 1 aliphatic heterocycles. The first-order chi connectivity index (χ1) is 15.6. The Morgan fingerprint density at radius 3 is 2.62 bits per heavy atom. The number of anilines is 1. The van der Waals surface area contributed by atoms with Crippen molar-refractivity contribution < 1.29 is 9.90 Å². The number of aryl methyl sites for hydroxylation is 1. The van der Waals surface area contributed by atoms with Gasteiger partial charge in [0.05, 0.1) is 17.7 Å². The minimum absolute atomic E-state index is 0.0124. The second-order valence-corrected chi connectivity index (χ2v) is 8.96. The molecule has 1 amide bonds. The maximum atomic E-state index is 13.4. The van der Waals surface area contributed by atoms with E-state index in [2.05, 4.69) is 32.2 Å². The number of para-hydroxylation sites is 1. The van der Waals surface area contributed by atoms with Crippen LogP contribution >= 0.6 is 0 Å². The third kappa shape index (κ3) is 3.96. The maximum Gasteiger partial charge on any atom is 0.252 e. The second-order valence-electron chi connectivity index (χ2n) is 8.96. The van der Waals surface area contributed by atoms with Crippen molar-refractivity contribution >= 4 is 22.5 Å². The quantitative estimate of drug-likeness (QED) is 0.629. The Bertz CT molecular complexity index is 1130. The molecular formula is C26H30N4O2. The van der Waals surface area contributed by atoms with Crippen molar-refractivity contribution in [2.45, 2.75) is 25.3 Å². The molecule has 1 aliphatic carbocycles. The molecule has 0 spiro atoms. The summed E-state index contributed by atoms with van der Waals surface area (Å²) < 4.78 is 0. The fourth-order valence-electron chi connectivity index (χ4n) is 4.81. The number of benzene rings is 2. The molecule has 2 aliphatic rings. The Morgan fingerprint density at radius 1 is 1.09 bits per heavy atom. The van der Waals surface area contributed by atoms with Crippen molar-refractivity contribution in [3.8, 4) is 0 Å². The summed E-state index contributed by atoms with van der Waals surface area (Å²) in [6, 6.07) is 16.4. The van der Waals surface area contributed by atoms with Gasteiger partial charge < -0.3 is 15.3 Å². The number of fused-ring (bicyclic) bond motifs is 1. The van der Waals surface area contributed by atoms with Gasteiger partial charge in [0.15, 0.2) is 0 Å². The van der Waals surface area contributed by atoms with Gasteiger partial charge in [-0.2, -0.15) is 0 Å². The van der Waals surface area contributed by atoms with Gasteiger partial charge in [-0.3, -0.25) is 14.7 Å². The van der Waals surface area contributed by atoms with E-state index in [-0.39, 0.29) is 18.1 Å². The first-order valence-electron chi connectivity index (χ1n) is 11.5. The number of β-amino-alcohol motifs (C(OH)–C–C–N with tert-alkyl or cyclic N) is 1. The maximum absolute atomic E-state index is 13.4. The van der Waals surface area contributed by atoms with Gasteiger partial charge in [-0.1, -0.05) is 24.3 Å². The molecule has 0 unspecified atom stereocenters. The summed E-state index contributed by atoms with van der Waals surface area (Å²) in [5.74, 6) is -0.0124. The highest BCUT2D eigenvalue weighted by atomic mass is 16.3. The molecule has 2 aromatic carbocycles. The Morgan fingerprint density at radius 2 is 1.88 bits per heavy atom. The SMILES string of the molecule is Cc1ccc(N2CCN(CCO)CC2)cc1C(=O)NC1(c2ccnc3ccccc23)CC1. The molecule has 0 radical (unpaired) electrons. The van der Waals surface area contributed by atoms with E-state index in [4.69, 9.17) is 5.11 Å². The number of hydrogen-bond donors (Lipinski definition) is 2. The summed E-state index contributed by atoms with van der Waals surface area (Å²) in [4.78, 5) is 22.5. The molecule has 2 N–H and O–H groups in total. The number of rotatable bonds is 6. The number of aliphatic hydroxyl groups excluding tert-OH is 1. The molecule has 6 nitrogen and oxygen atoms in total. The number of hydrogen-bond acceptors (Lipinski definition) is 5. The third-order valence-electron chi connectivity index (χ3n) is 6.89. The summed E-state index contributed by atoms with van der Waals surface area (Å²) >= 11 is 0. The summed E-state index contributed by atoms with van der Waals surface area (Å²) in [6.45, 7) is 6.57. The Balaban J connectivity index is 1.36. The third-order valence-corrected chi connectivity index (χ3v) is 6.89. The summed E-state index contributed by atoms with van der Waals surface area (Å²) in [6.07, 6.45) is 3.73. The molecule has 6 heteroatoms. The van der Waals surface area contributed by atoms with E-state index in [1.54, 1.807) is 0 Å². The summed E-state index contributed by atoms with van der Waals surface area (Å²) in [5, 5.41) is 13.6. The highest BCUT2D eigenvalue weighted by Gasteiger charge is 2.46. The fourth-order valence-corrected chi connectivity index (χ4v) is 4.81. The van der Waals surface area contributed by atoms with Crippen LogP contribution in [0, 0.1) is 6.92 Å². The molecule has 1 aromatic heterocycles. The second kappa shape index (κ2) is 8.52. The van der Waals surface area contributed by atoms with E-state index < -0.39 is 0 Å². The van der Waals surface area contributed by atoms with Gasteiger partial charge in [0.25, 0.3) is 5.91 Å². The van der Waals surface area contributed by atoms with Crippen LogP contribution in [0.4, 0.5) is 5.69 Å².